The quantitative estimate of drug-likeness (QED) is 0.866. The fourth-order valence-electron chi connectivity index (χ4n) is 3.05. The van der Waals surface area contributed by atoms with Crippen LogP contribution in [0.4, 0.5) is 0 Å². The average molecular weight is 278 g/mol. The molecule has 2 N–H and O–H groups in total. The van der Waals surface area contributed by atoms with Crippen molar-refractivity contribution in [3.05, 3.63) is 23.3 Å². The number of nitrogens with zero attached hydrogens (tertiary/aromatic N) is 1. The topological polar surface area (TPSA) is 47.7 Å². The van der Waals surface area contributed by atoms with Crippen molar-refractivity contribution >= 4 is 0 Å². The molecule has 0 saturated heterocycles. The van der Waals surface area contributed by atoms with Crippen LogP contribution >= 0.6 is 0 Å². The predicted molar refractivity (Wildman–Crippen MR) is 81.4 cm³/mol. The molecule has 1 aliphatic rings. The van der Waals surface area contributed by atoms with E-state index in [1.54, 1.807) is 14.2 Å². The van der Waals surface area contributed by atoms with Crippen LogP contribution in [-0.4, -0.2) is 38.3 Å². The summed E-state index contributed by atoms with van der Waals surface area (Å²) in [5, 5.41) is 0. The Hall–Kier alpha value is -1.26. The monoisotopic (exact) mass is 278 g/mol. The van der Waals surface area contributed by atoms with Crippen LogP contribution in [0.3, 0.4) is 0 Å². The van der Waals surface area contributed by atoms with Crippen LogP contribution in [0, 0.1) is 0 Å². The number of rotatable bonds is 6. The molecule has 0 saturated carbocycles. The fraction of sp³-hybridized carbons (Fsp3) is 0.625. The highest BCUT2D eigenvalue weighted by atomic mass is 16.5. The third kappa shape index (κ3) is 3.07. The van der Waals surface area contributed by atoms with E-state index < -0.39 is 0 Å². The van der Waals surface area contributed by atoms with Gasteiger partial charge in [0, 0.05) is 19.1 Å². The largest absolute Gasteiger partial charge is 0.493 e. The van der Waals surface area contributed by atoms with Gasteiger partial charge < -0.3 is 15.2 Å². The van der Waals surface area contributed by atoms with E-state index in [0.717, 1.165) is 50.4 Å². The molecule has 1 unspecified atom stereocenters. The molecule has 2 rings (SSSR count). The zero-order chi connectivity index (χ0) is 14.5. The van der Waals surface area contributed by atoms with Crippen LogP contribution in [0.25, 0.3) is 0 Å². The molecule has 0 fully saturated rings. The van der Waals surface area contributed by atoms with Gasteiger partial charge in [-0.05, 0) is 49.1 Å². The lowest BCUT2D eigenvalue weighted by atomic mass is 9.96. The highest BCUT2D eigenvalue weighted by Crippen LogP contribution is 2.33. The summed E-state index contributed by atoms with van der Waals surface area (Å²) in [7, 11) is 3.38. The minimum atomic E-state index is 0.584. The Labute approximate surface area is 121 Å². The number of ether oxygens (including phenoxy) is 2. The van der Waals surface area contributed by atoms with Crippen molar-refractivity contribution in [2.45, 2.75) is 38.8 Å². The first kappa shape index (κ1) is 15.1. The summed E-state index contributed by atoms with van der Waals surface area (Å²) in [5.41, 5.74) is 8.45. The summed E-state index contributed by atoms with van der Waals surface area (Å²) >= 11 is 0. The molecule has 112 valence electrons. The number of fused-ring (bicyclic) bond motifs is 1. The lowest BCUT2D eigenvalue weighted by Crippen LogP contribution is -2.40. The van der Waals surface area contributed by atoms with Crippen molar-refractivity contribution in [1.29, 1.82) is 0 Å². The van der Waals surface area contributed by atoms with Crippen LogP contribution in [-0.2, 0) is 13.0 Å². The SMILES string of the molecule is CCC(CCN)N1CCc2cc(OC)c(OC)cc2C1. The van der Waals surface area contributed by atoms with E-state index >= 15 is 0 Å². The number of hydrogen-bond acceptors (Lipinski definition) is 4. The number of hydrogen-bond donors (Lipinski definition) is 1. The van der Waals surface area contributed by atoms with Crippen LogP contribution in [0.2, 0.25) is 0 Å². The number of nitrogens with two attached hydrogens (primary N) is 1. The van der Waals surface area contributed by atoms with Gasteiger partial charge in [0.25, 0.3) is 0 Å². The van der Waals surface area contributed by atoms with Crippen molar-refractivity contribution in [2.75, 3.05) is 27.3 Å². The lowest BCUT2D eigenvalue weighted by molar-refractivity contribution is 0.166. The van der Waals surface area contributed by atoms with Crippen molar-refractivity contribution in [3.63, 3.8) is 0 Å². The Balaban J connectivity index is 2.20. The van der Waals surface area contributed by atoms with Gasteiger partial charge in [-0.15, -0.1) is 0 Å². The van der Waals surface area contributed by atoms with E-state index in [9.17, 15) is 0 Å². The number of benzene rings is 1. The fourth-order valence-corrected chi connectivity index (χ4v) is 3.05. The highest BCUT2D eigenvalue weighted by molar-refractivity contribution is 5.48. The van der Waals surface area contributed by atoms with Gasteiger partial charge in [0.1, 0.15) is 0 Å². The maximum atomic E-state index is 5.73. The van der Waals surface area contributed by atoms with Crippen molar-refractivity contribution < 1.29 is 9.47 Å². The zero-order valence-corrected chi connectivity index (χ0v) is 12.8. The van der Waals surface area contributed by atoms with Gasteiger partial charge in [-0.1, -0.05) is 6.92 Å². The summed E-state index contributed by atoms with van der Waals surface area (Å²) in [4.78, 5) is 2.54. The summed E-state index contributed by atoms with van der Waals surface area (Å²) in [6, 6.07) is 4.83. The first-order chi connectivity index (χ1) is 9.73. The molecule has 1 heterocycles. The molecule has 1 aliphatic heterocycles. The Kier molecular flexibility index (Phi) is 5.26. The molecule has 0 radical (unpaired) electrons. The summed E-state index contributed by atoms with van der Waals surface area (Å²) < 4.78 is 10.8. The van der Waals surface area contributed by atoms with E-state index in [1.807, 2.05) is 0 Å². The van der Waals surface area contributed by atoms with Gasteiger partial charge in [-0.3, -0.25) is 4.90 Å². The maximum absolute atomic E-state index is 5.73. The van der Waals surface area contributed by atoms with Crippen LogP contribution in [0.5, 0.6) is 11.5 Å². The summed E-state index contributed by atoms with van der Waals surface area (Å²) in [6.07, 6.45) is 3.29. The molecule has 0 amide bonds. The Morgan fingerprint density at radius 1 is 1.20 bits per heavy atom. The van der Waals surface area contributed by atoms with Crippen LogP contribution in [0.1, 0.15) is 30.9 Å². The van der Waals surface area contributed by atoms with E-state index in [4.69, 9.17) is 15.2 Å². The van der Waals surface area contributed by atoms with Gasteiger partial charge in [0.05, 0.1) is 14.2 Å². The van der Waals surface area contributed by atoms with Gasteiger partial charge in [-0.25, -0.2) is 0 Å². The first-order valence-corrected chi connectivity index (χ1v) is 7.41. The number of methoxy groups -OCH3 is 2. The molecule has 4 nitrogen and oxygen atoms in total. The van der Waals surface area contributed by atoms with Gasteiger partial charge in [0.15, 0.2) is 11.5 Å². The van der Waals surface area contributed by atoms with E-state index in [0.29, 0.717) is 6.04 Å². The molecule has 0 aliphatic carbocycles. The maximum Gasteiger partial charge on any atom is 0.161 e. The lowest BCUT2D eigenvalue weighted by Gasteiger charge is -2.35. The van der Waals surface area contributed by atoms with Crippen molar-refractivity contribution in [1.82, 2.24) is 4.90 Å². The molecule has 20 heavy (non-hydrogen) atoms. The smallest absolute Gasteiger partial charge is 0.161 e. The van der Waals surface area contributed by atoms with Gasteiger partial charge in [-0.2, -0.15) is 0 Å². The van der Waals surface area contributed by atoms with Crippen molar-refractivity contribution in [3.8, 4) is 11.5 Å². The Morgan fingerprint density at radius 3 is 2.40 bits per heavy atom. The molecule has 1 aromatic rings. The molecule has 0 bridgehead atoms. The standard InChI is InChI=1S/C16H26N2O2/c1-4-14(5-7-17)18-8-6-12-9-15(19-2)16(20-3)10-13(12)11-18/h9-10,14H,4-8,11,17H2,1-3H3. The van der Waals surface area contributed by atoms with Crippen LogP contribution < -0.4 is 15.2 Å². The molecule has 1 aromatic carbocycles. The van der Waals surface area contributed by atoms with E-state index in [-0.39, 0.29) is 0 Å². The molecular formula is C16H26N2O2. The summed E-state index contributed by atoms with van der Waals surface area (Å²) in [5.74, 6) is 1.65. The first-order valence-electron chi connectivity index (χ1n) is 7.41. The third-order valence-corrected chi connectivity index (χ3v) is 4.24. The van der Waals surface area contributed by atoms with Gasteiger partial charge >= 0.3 is 0 Å². The second-order valence-corrected chi connectivity index (χ2v) is 5.34. The van der Waals surface area contributed by atoms with Gasteiger partial charge in [0.2, 0.25) is 0 Å². The summed E-state index contributed by atoms with van der Waals surface area (Å²) in [6.45, 7) is 5.08. The highest BCUT2D eigenvalue weighted by Gasteiger charge is 2.23. The molecule has 0 aromatic heterocycles. The average Bonchev–Trinajstić information content (AvgIpc) is 2.50. The predicted octanol–water partition coefficient (Wildman–Crippen LogP) is 2.19. The Bertz CT molecular complexity index is 448. The molecule has 4 heteroatoms. The molecule has 1 atom stereocenters. The van der Waals surface area contributed by atoms with E-state index in [2.05, 4.69) is 24.0 Å². The third-order valence-electron chi connectivity index (χ3n) is 4.24. The second kappa shape index (κ2) is 6.95. The zero-order valence-electron chi connectivity index (χ0n) is 12.8. The Morgan fingerprint density at radius 2 is 1.85 bits per heavy atom. The second-order valence-electron chi connectivity index (χ2n) is 5.34. The molecule has 0 spiro atoms. The normalized spacial score (nSPS) is 16.6. The van der Waals surface area contributed by atoms with E-state index in [1.165, 1.54) is 11.1 Å². The van der Waals surface area contributed by atoms with Crippen LogP contribution in [0.15, 0.2) is 12.1 Å². The van der Waals surface area contributed by atoms with Crippen molar-refractivity contribution in [2.24, 2.45) is 5.73 Å². The molecular weight excluding hydrogens is 252 g/mol. The minimum absolute atomic E-state index is 0.584. The minimum Gasteiger partial charge on any atom is -0.493 e.